The van der Waals surface area contributed by atoms with Gasteiger partial charge in [-0.3, -0.25) is 10.8 Å². The summed E-state index contributed by atoms with van der Waals surface area (Å²) in [6.45, 7) is 0. The Bertz CT molecular complexity index is 610. The van der Waals surface area contributed by atoms with Crippen LogP contribution in [0.1, 0.15) is 5.56 Å². The maximum absolute atomic E-state index is 13.3. The van der Waals surface area contributed by atoms with Gasteiger partial charge in [-0.15, -0.1) is 0 Å². The maximum atomic E-state index is 13.3. The zero-order chi connectivity index (χ0) is 13.7. The van der Waals surface area contributed by atoms with Crippen LogP contribution in [0.4, 0.5) is 10.1 Å². The van der Waals surface area contributed by atoms with Crippen LogP contribution in [0.3, 0.4) is 0 Å². The van der Waals surface area contributed by atoms with Gasteiger partial charge in [0.25, 0.3) is 0 Å². The van der Waals surface area contributed by atoms with Crippen molar-refractivity contribution in [3.05, 3.63) is 27.1 Å². The molecule has 18 heavy (non-hydrogen) atoms. The SMILES string of the molecule is N#C/C(=N\Nc1cc(F)c(C#N)cc1I)C(=N)N. The monoisotopic (exact) mass is 356 g/mol. The second-order valence-electron chi connectivity index (χ2n) is 3.02. The molecule has 0 aromatic heterocycles. The molecule has 0 atom stereocenters. The van der Waals surface area contributed by atoms with Crippen molar-refractivity contribution in [1.29, 1.82) is 15.9 Å². The number of nitriles is 2. The zero-order valence-electron chi connectivity index (χ0n) is 8.83. The van der Waals surface area contributed by atoms with E-state index in [0.29, 0.717) is 3.57 Å². The summed E-state index contributed by atoms with van der Waals surface area (Å²) in [6.07, 6.45) is 0. The largest absolute Gasteiger partial charge is 0.382 e. The summed E-state index contributed by atoms with van der Waals surface area (Å²) in [6, 6.07) is 5.75. The third kappa shape index (κ3) is 3.15. The second kappa shape index (κ2) is 5.93. The topological polar surface area (TPSA) is 122 Å². The highest BCUT2D eigenvalue weighted by atomic mass is 127. The van der Waals surface area contributed by atoms with Gasteiger partial charge in [0.1, 0.15) is 18.0 Å². The summed E-state index contributed by atoms with van der Waals surface area (Å²) in [7, 11) is 0. The van der Waals surface area contributed by atoms with Gasteiger partial charge in [-0.2, -0.15) is 15.6 Å². The number of rotatable bonds is 3. The van der Waals surface area contributed by atoms with E-state index in [-0.39, 0.29) is 17.0 Å². The molecule has 0 amide bonds. The van der Waals surface area contributed by atoms with Gasteiger partial charge < -0.3 is 5.73 Å². The normalized spacial score (nSPS) is 10.3. The molecule has 0 aliphatic carbocycles. The van der Waals surface area contributed by atoms with Crippen LogP contribution in [0.15, 0.2) is 17.2 Å². The third-order valence-corrected chi connectivity index (χ3v) is 2.72. The fraction of sp³-hybridized carbons (Fsp3) is 0. The molecule has 0 aliphatic heterocycles. The van der Waals surface area contributed by atoms with Crippen molar-refractivity contribution in [2.24, 2.45) is 10.8 Å². The molecule has 8 heteroatoms. The first-order valence-electron chi connectivity index (χ1n) is 4.47. The number of anilines is 1. The summed E-state index contributed by atoms with van der Waals surface area (Å²) in [5.74, 6) is -1.19. The molecule has 0 unspecified atom stereocenters. The van der Waals surface area contributed by atoms with E-state index in [1.165, 1.54) is 6.07 Å². The number of amidine groups is 1. The Morgan fingerprint density at radius 1 is 1.50 bits per heavy atom. The molecular weight excluding hydrogens is 350 g/mol. The maximum Gasteiger partial charge on any atom is 0.201 e. The number of hydrogen-bond donors (Lipinski definition) is 3. The quantitative estimate of drug-likeness (QED) is 0.329. The molecular formula is C10H6FIN6. The van der Waals surface area contributed by atoms with E-state index in [1.807, 2.05) is 22.6 Å². The van der Waals surface area contributed by atoms with E-state index in [0.717, 1.165) is 6.07 Å². The highest BCUT2D eigenvalue weighted by Crippen LogP contribution is 2.22. The number of nitrogens with one attached hydrogen (secondary N) is 2. The average molecular weight is 356 g/mol. The molecule has 90 valence electrons. The number of nitrogens with two attached hydrogens (primary N) is 1. The van der Waals surface area contributed by atoms with Gasteiger partial charge in [-0.25, -0.2) is 4.39 Å². The summed E-state index contributed by atoms with van der Waals surface area (Å²) < 4.78 is 13.9. The molecule has 1 aromatic carbocycles. The van der Waals surface area contributed by atoms with Crippen molar-refractivity contribution in [3.63, 3.8) is 0 Å². The number of hydrogen-bond acceptors (Lipinski definition) is 5. The summed E-state index contributed by atoms with van der Waals surface area (Å²) in [4.78, 5) is 0. The van der Waals surface area contributed by atoms with Gasteiger partial charge >= 0.3 is 0 Å². The molecule has 0 aliphatic rings. The minimum Gasteiger partial charge on any atom is -0.382 e. The minimum atomic E-state index is -0.697. The van der Waals surface area contributed by atoms with Crippen LogP contribution in [0.25, 0.3) is 0 Å². The standard InChI is InChI=1S/C10H6FIN6/c11-6-2-8(7(12)1-5(6)3-13)17-18-9(4-14)10(15)16/h1-2,17H,(H3,15,16)/b18-9+. The van der Waals surface area contributed by atoms with Crippen LogP contribution in [-0.4, -0.2) is 11.5 Å². The lowest BCUT2D eigenvalue weighted by atomic mass is 10.2. The van der Waals surface area contributed by atoms with Crippen LogP contribution in [0, 0.1) is 37.5 Å². The number of benzene rings is 1. The smallest absolute Gasteiger partial charge is 0.201 e. The van der Waals surface area contributed by atoms with Gasteiger partial charge in [-0.05, 0) is 28.7 Å². The van der Waals surface area contributed by atoms with Crippen molar-refractivity contribution in [2.45, 2.75) is 0 Å². The highest BCUT2D eigenvalue weighted by molar-refractivity contribution is 14.1. The Kier molecular flexibility index (Phi) is 4.57. The molecule has 0 radical (unpaired) electrons. The summed E-state index contributed by atoms with van der Waals surface area (Å²) in [5.41, 5.74) is 7.41. The Morgan fingerprint density at radius 3 is 2.67 bits per heavy atom. The van der Waals surface area contributed by atoms with Crippen LogP contribution in [0.2, 0.25) is 0 Å². The Morgan fingerprint density at radius 2 is 2.17 bits per heavy atom. The average Bonchev–Trinajstić information content (AvgIpc) is 2.33. The van der Waals surface area contributed by atoms with Gasteiger partial charge in [0.2, 0.25) is 5.71 Å². The van der Waals surface area contributed by atoms with Crippen LogP contribution < -0.4 is 11.2 Å². The van der Waals surface area contributed by atoms with E-state index >= 15 is 0 Å². The van der Waals surface area contributed by atoms with Crippen molar-refractivity contribution < 1.29 is 4.39 Å². The van der Waals surface area contributed by atoms with Crippen molar-refractivity contribution >= 4 is 39.8 Å². The molecule has 0 heterocycles. The van der Waals surface area contributed by atoms with Crippen LogP contribution >= 0.6 is 22.6 Å². The van der Waals surface area contributed by atoms with E-state index in [2.05, 4.69) is 10.5 Å². The molecule has 0 fully saturated rings. The number of hydrazone groups is 1. The molecule has 4 N–H and O–H groups in total. The van der Waals surface area contributed by atoms with E-state index < -0.39 is 11.7 Å². The van der Waals surface area contributed by atoms with Crippen molar-refractivity contribution in [2.75, 3.05) is 5.43 Å². The number of halogens is 2. The predicted octanol–water partition coefficient (Wildman–Crippen LogP) is 1.53. The van der Waals surface area contributed by atoms with Gasteiger partial charge in [0.05, 0.1) is 11.3 Å². The molecule has 1 aromatic rings. The number of nitrogens with zero attached hydrogens (tertiary/aromatic N) is 3. The summed E-state index contributed by atoms with van der Waals surface area (Å²) in [5, 5.41) is 27.9. The Balaban J connectivity index is 3.08. The van der Waals surface area contributed by atoms with E-state index in [1.54, 1.807) is 12.1 Å². The fourth-order valence-corrected chi connectivity index (χ4v) is 1.57. The molecule has 1 rings (SSSR count). The van der Waals surface area contributed by atoms with E-state index in [4.69, 9.17) is 21.7 Å². The fourth-order valence-electron chi connectivity index (χ4n) is 0.980. The first-order chi connectivity index (χ1) is 8.49. The highest BCUT2D eigenvalue weighted by Gasteiger charge is 2.08. The van der Waals surface area contributed by atoms with Crippen LogP contribution in [0.5, 0.6) is 0 Å². The third-order valence-electron chi connectivity index (χ3n) is 1.83. The van der Waals surface area contributed by atoms with Gasteiger partial charge in [-0.1, -0.05) is 0 Å². The minimum absolute atomic E-state index is 0.0824. The van der Waals surface area contributed by atoms with E-state index in [9.17, 15) is 4.39 Å². The first-order valence-corrected chi connectivity index (χ1v) is 5.54. The second-order valence-corrected chi connectivity index (χ2v) is 4.18. The Hall–Kier alpha value is -2.20. The first kappa shape index (κ1) is 13.9. The lowest BCUT2D eigenvalue weighted by Crippen LogP contribution is -2.22. The molecule has 0 spiro atoms. The molecule has 0 saturated heterocycles. The lowest BCUT2D eigenvalue weighted by molar-refractivity contribution is 0.624. The molecule has 0 bridgehead atoms. The molecule has 6 nitrogen and oxygen atoms in total. The Labute approximate surface area is 116 Å². The van der Waals surface area contributed by atoms with Crippen LogP contribution in [-0.2, 0) is 0 Å². The van der Waals surface area contributed by atoms with Gasteiger partial charge in [0.15, 0.2) is 5.84 Å². The van der Waals surface area contributed by atoms with Crippen molar-refractivity contribution in [3.8, 4) is 12.1 Å². The lowest BCUT2D eigenvalue weighted by Gasteiger charge is -2.05. The van der Waals surface area contributed by atoms with Crippen molar-refractivity contribution in [1.82, 2.24) is 0 Å². The summed E-state index contributed by atoms with van der Waals surface area (Å²) >= 11 is 1.88. The predicted molar refractivity (Wildman–Crippen MR) is 72.4 cm³/mol. The zero-order valence-corrected chi connectivity index (χ0v) is 11.0. The molecule has 0 saturated carbocycles. The van der Waals surface area contributed by atoms with Gasteiger partial charge in [0, 0.05) is 9.64 Å².